The third-order valence-electron chi connectivity index (χ3n) is 3.96. The van der Waals surface area contributed by atoms with Crippen molar-refractivity contribution in [2.75, 3.05) is 7.11 Å². The second-order valence-electron chi connectivity index (χ2n) is 5.85. The van der Waals surface area contributed by atoms with E-state index in [2.05, 4.69) is 5.32 Å². The van der Waals surface area contributed by atoms with Gasteiger partial charge in [0.1, 0.15) is 0 Å². The zero-order chi connectivity index (χ0) is 19.8. The first-order valence-electron chi connectivity index (χ1n) is 8.30. The normalized spacial score (nSPS) is 11.5. The number of rotatable bonds is 8. The molecule has 0 heterocycles. The lowest BCUT2D eigenvalue weighted by Gasteiger charge is -2.19. The number of hydrogen-bond acceptors (Lipinski definition) is 4. The van der Waals surface area contributed by atoms with Crippen LogP contribution in [-0.4, -0.2) is 24.8 Å². The van der Waals surface area contributed by atoms with Crippen LogP contribution in [0.1, 0.15) is 41.2 Å². The first-order valence-corrected chi connectivity index (χ1v) is 9.05. The molecule has 1 unspecified atom stereocenters. The van der Waals surface area contributed by atoms with E-state index >= 15 is 0 Å². The average molecular weight is 408 g/mol. The van der Waals surface area contributed by atoms with Gasteiger partial charge in [-0.15, -0.1) is 0 Å². The van der Waals surface area contributed by atoms with E-state index in [1.807, 2.05) is 0 Å². The summed E-state index contributed by atoms with van der Waals surface area (Å²) in [7, 11) is 1.28. The molecule has 142 valence electrons. The predicted octanol–water partition coefficient (Wildman–Crippen LogP) is 4.38. The van der Waals surface area contributed by atoms with Gasteiger partial charge < -0.3 is 10.1 Å². The van der Waals surface area contributed by atoms with Gasteiger partial charge in [0.2, 0.25) is 5.91 Å². The number of halogens is 2. The van der Waals surface area contributed by atoms with E-state index in [1.54, 1.807) is 48.5 Å². The van der Waals surface area contributed by atoms with Crippen LogP contribution in [0.3, 0.4) is 0 Å². The smallest absolute Gasteiger partial charge is 0.307 e. The summed E-state index contributed by atoms with van der Waals surface area (Å²) in [4.78, 5) is 36.2. The molecule has 0 aliphatic rings. The third kappa shape index (κ3) is 6.38. The van der Waals surface area contributed by atoms with Crippen LogP contribution in [0.15, 0.2) is 48.5 Å². The van der Waals surface area contributed by atoms with Crippen molar-refractivity contribution < 1.29 is 19.1 Å². The van der Waals surface area contributed by atoms with Crippen LogP contribution < -0.4 is 5.32 Å². The minimum absolute atomic E-state index is 0.0103. The number of Topliss-reactive ketones (excluding diaryl/α,β-unsaturated/α-hetero) is 1. The van der Waals surface area contributed by atoms with Gasteiger partial charge in [-0.05, 0) is 35.9 Å². The maximum Gasteiger partial charge on any atom is 0.307 e. The molecule has 0 aromatic heterocycles. The molecule has 0 aliphatic heterocycles. The lowest BCUT2D eigenvalue weighted by Crippen LogP contribution is -2.31. The van der Waals surface area contributed by atoms with Gasteiger partial charge in [0, 0.05) is 28.5 Å². The van der Waals surface area contributed by atoms with Crippen molar-refractivity contribution in [2.45, 2.75) is 25.3 Å². The van der Waals surface area contributed by atoms with Crippen molar-refractivity contribution in [1.82, 2.24) is 5.32 Å². The highest BCUT2D eigenvalue weighted by Crippen LogP contribution is 2.25. The second kappa shape index (κ2) is 10.1. The zero-order valence-corrected chi connectivity index (χ0v) is 16.2. The Hall–Kier alpha value is -2.37. The first-order chi connectivity index (χ1) is 12.9. The lowest BCUT2D eigenvalue weighted by atomic mass is 10.0. The number of ether oxygens (including phenoxy) is 1. The molecule has 1 amide bonds. The zero-order valence-electron chi connectivity index (χ0n) is 14.7. The fourth-order valence-electron chi connectivity index (χ4n) is 2.52. The van der Waals surface area contributed by atoms with Crippen molar-refractivity contribution in [3.63, 3.8) is 0 Å². The Morgan fingerprint density at radius 2 is 1.67 bits per heavy atom. The quantitative estimate of drug-likeness (QED) is 0.520. The first kappa shape index (κ1) is 20.9. The Kier molecular flexibility index (Phi) is 7.82. The molecule has 0 fully saturated rings. The van der Waals surface area contributed by atoms with Crippen LogP contribution in [0, 0.1) is 0 Å². The molecule has 7 heteroatoms. The summed E-state index contributed by atoms with van der Waals surface area (Å²) in [6, 6.07) is 12.8. The van der Waals surface area contributed by atoms with E-state index in [0.717, 1.165) is 0 Å². The highest BCUT2D eigenvalue weighted by molar-refractivity contribution is 6.31. The van der Waals surface area contributed by atoms with Gasteiger partial charge in [-0.1, -0.05) is 41.4 Å². The van der Waals surface area contributed by atoms with Crippen LogP contribution >= 0.6 is 23.2 Å². The van der Waals surface area contributed by atoms with Crippen molar-refractivity contribution in [1.29, 1.82) is 0 Å². The van der Waals surface area contributed by atoms with E-state index in [-0.39, 0.29) is 31.0 Å². The number of carbonyl (C=O) groups excluding carboxylic acids is 3. The van der Waals surface area contributed by atoms with E-state index < -0.39 is 12.0 Å². The predicted molar refractivity (Wildman–Crippen MR) is 104 cm³/mol. The van der Waals surface area contributed by atoms with Crippen LogP contribution in [0.2, 0.25) is 10.0 Å². The van der Waals surface area contributed by atoms with Crippen LogP contribution in [0.4, 0.5) is 0 Å². The molecule has 0 bridgehead atoms. The summed E-state index contributed by atoms with van der Waals surface area (Å²) in [5, 5.41) is 3.73. The number of hydrogen-bond donors (Lipinski definition) is 1. The maximum absolute atomic E-state index is 12.3. The number of benzene rings is 2. The molecule has 27 heavy (non-hydrogen) atoms. The van der Waals surface area contributed by atoms with Gasteiger partial charge in [-0.2, -0.15) is 0 Å². The topological polar surface area (TPSA) is 72.5 Å². The molecule has 2 rings (SSSR count). The molecule has 5 nitrogen and oxygen atoms in total. The summed E-state index contributed by atoms with van der Waals surface area (Å²) in [6.45, 7) is 0. The Balaban J connectivity index is 2.00. The van der Waals surface area contributed by atoms with E-state index in [4.69, 9.17) is 27.9 Å². The van der Waals surface area contributed by atoms with Crippen LogP contribution in [-0.2, 0) is 14.3 Å². The highest BCUT2D eigenvalue weighted by atomic mass is 35.5. The molecule has 2 aromatic carbocycles. The van der Waals surface area contributed by atoms with Gasteiger partial charge >= 0.3 is 5.97 Å². The van der Waals surface area contributed by atoms with Crippen molar-refractivity contribution in [3.05, 3.63) is 69.7 Å². The molecule has 0 saturated carbocycles. The standard InChI is InChI=1S/C20H19Cl2NO4/c1-27-20(26)12-17(15-4-2-3-5-16(15)22)23-19(25)11-10-18(24)13-6-8-14(21)9-7-13/h2-9,17H,10-12H2,1H3,(H,23,25). The van der Waals surface area contributed by atoms with Crippen molar-refractivity contribution in [2.24, 2.45) is 0 Å². The van der Waals surface area contributed by atoms with E-state index in [1.165, 1.54) is 7.11 Å². The molecule has 1 atom stereocenters. The number of carbonyl (C=O) groups is 3. The molecule has 2 aromatic rings. The summed E-state index contributed by atoms with van der Waals surface area (Å²) in [5.41, 5.74) is 1.10. The molecule has 0 aliphatic carbocycles. The minimum Gasteiger partial charge on any atom is -0.469 e. The number of nitrogens with one attached hydrogen (secondary N) is 1. The summed E-state index contributed by atoms with van der Waals surface area (Å²) in [6.07, 6.45) is -0.0262. The largest absolute Gasteiger partial charge is 0.469 e. The minimum atomic E-state index is -0.635. The van der Waals surface area contributed by atoms with Gasteiger partial charge in [-0.25, -0.2) is 0 Å². The van der Waals surface area contributed by atoms with Crippen LogP contribution in [0.5, 0.6) is 0 Å². The summed E-state index contributed by atoms with van der Waals surface area (Å²) < 4.78 is 4.69. The third-order valence-corrected chi connectivity index (χ3v) is 4.56. The van der Waals surface area contributed by atoms with E-state index in [0.29, 0.717) is 21.2 Å². The van der Waals surface area contributed by atoms with Crippen molar-refractivity contribution >= 4 is 40.9 Å². The van der Waals surface area contributed by atoms with E-state index in [9.17, 15) is 14.4 Å². The lowest BCUT2D eigenvalue weighted by molar-refractivity contribution is -0.141. The second-order valence-corrected chi connectivity index (χ2v) is 6.70. The average Bonchev–Trinajstić information content (AvgIpc) is 2.66. The monoisotopic (exact) mass is 407 g/mol. The molecule has 0 spiro atoms. The number of ketones is 1. The fourth-order valence-corrected chi connectivity index (χ4v) is 2.91. The molecular formula is C20H19Cl2NO4. The Bertz CT molecular complexity index is 821. The van der Waals surface area contributed by atoms with Gasteiger partial charge in [0.05, 0.1) is 19.6 Å². The molecule has 0 radical (unpaired) electrons. The van der Waals surface area contributed by atoms with Gasteiger partial charge in [-0.3, -0.25) is 14.4 Å². The SMILES string of the molecule is COC(=O)CC(NC(=O)CCC(=O)c1ccc(Cl)cc1)c1ccccc1Cl. The number of esters is 1. The van der Waals surface area contributed by atoms with Crippen molar-refractivity contribution in [3.8, 4) is 0 Å². The number of amides is 1. The molecule has 1 N–H and O–H groups in total. The van der Waals surface area contributed by atoms with Gasteiger partial charge in [0.25, 0.3) is 0 Å². The Morgan fingerprint density at radius 3 is 2.30 bits per heavy atom. The number of methoxy groups -OCH3 is 1. The Labute approximate surface area is 167 Å². The Morgan fingerprint density at radius 1 is 1.00 bits per heavy atom. The summed E-state index contributed by atoms with van der Waals surface area (Å²) in [5.74, 6) is -0.993. The van der Waals surface area contributed by atoms with Gasteiger partial charge in [0.15, 0.2) is 5.78 Å². The summed E-state index contributed by atoms with van der Waals surface area (Å²) >= 11 is 12.0. The molecular weight excluding hydrogens is 389 g/mol. The van der Waals surface area contributed by atoms with Crippen LogP contribution in [0.25, 0.3) is 0 Å². The fraction of sp³-hybridized carbons (Fsp3) is 0.250. The molecule has 0 saturated heterocycles. The maximum atomic E-state index is 12.3. The highest BCUT2D eigenvalue weighted by Gasteiger charge is 2.21.